The monoisotopic (exact) mass is 260 g/mol. The van der Waals surface area contributed by atoms with Crippen LogP contribution in [0, 0.1) is 27.4 Å². The van der Waals surface area contributed by atoms with E-state index >= 15 is 0 Å². The summed E-state index contributed by atoms with van der Waals surface area (Å²) in [6, 6.07) is 6.67. The van der Waals surface area contributed by atoms with Gasteiger partial charge >= 0.3 is 0 Å². The number of piperidine rings is 1. The predicted molar refractivity (Wildman–Crippen MR) is 71.8 cm³/mol. The van der Waals surface area contributed by atoms with Crippen LogP contribution < -0.4 is 10.6 Å². The lowest BCUT2D eigenvalue weighted by Gasteiger charge is -2.36. The van der Waals surface area contributed by atoms with E-state index in [4.69, 9.17) is 11.0 Å². The molecular formula is C13H16N4O2. The molecular weight excluding hydrogens is 244 g/mol. The Morgan fingerprint density at radius 2 is 2.32 bits per heavy atom. The van der Waals surface area contributed by atoms with Gasteiger partial charge in [-0.25, -0.2) is 0 Å². The van der Waals surface area contributed by atoms with Crippen molar-refractivity contribution in [1.82, 2.24) is 0 Å². The molecule has 0 aliphatic carbocycles. The molecule has 1 aromatic carbocycles. The topological polar surface area (TPSA) is 96.2 Å². The Hall–Kier alpha value is -2.13. The van der Waals surface area contributed by atoms with Gasteiger partial charge in [0.25, 0.3) is 5.69 Å². The average Bonchev–Trinajstić information content (AvgIpc) is 2.41. The Balaban J connectivity index is 2.34. The maximum atomic E-state index is 11.1. The highest BCUT2D eigenvalue weighted by Crippen LogP contribution is 2.32. The average molecular weight is 260 g/mol. The third-order valence-corrected chi connectivity index (χ3v) is 3.61. The van der Waals surface area contributed by atoms with E-state index in [1.165, 1.54) is 6.07 Å². The summed E-state index contributed by atoms with van der Waals surface area (Å²) in [5.74, 6) is 0.295. The molecule has 1 heterocycles. The molecule has 1 fully saturated rings. The summed E-state index contributed by atoms with van der Waals surface area (Å²) in [5.41, 5.74) is 6.82. The first-order valence-corrected chi connectivity index (χ1v) is 6.22. The quantitative estimate of drug-likeness (QED) is 0.644. The van der Waals surface area contributed by atoms with Crippen molar-refractivity contribution in [3.05, 3.63) is 33.9 Å². The van der Waals surface area contributed by atoms with Gasteiger partial charge in [-0.05, 0) is 24.5 Å². The minimum atomic E-state index is -0.435. The van der Waals surface area contributed by atoms with Gasteiger partial charge in [0.15, 0.2) is 0 Å². The molecule has 1 saturated heterocycles. The zero-order valence-electron chi connectivity index (χ0n) is 10.7. The Labute approximate surface area is 111 Å². The standard InChI is InChI=1S/C13H16N4O2/c1-9-8-16(5-4-11(9)15)12-3-2-10(7-14)6-13(12)17(18)19/h2-3,6,9,11H,4-5,8,15H2,1H3. The first-order chi connectivity index (χ1) is 9.02. The number of anilines is 1. The van der Waals surface area contributed by atoms with Gasteiger partial charge in [-0.2, -0.15) is 5.26 Å². The maximum Gasteiger partial charge on any atom is 0.293 e. The van der Waals surface area contributed by atoms with E-state index in [9.17, 15) is 10.1 Å². The molecule has 6 heteroatoms. The SMILES string of the molecule is CC1CN(c2ccc(C#N)cc2[N+](=O)[O-])CCC1N. The van der Waals surface area contributed by atoms with E-state index in [0.29, 0.717) is 30.3 Å². The Bertz CT molecular complexity index is 538. The zero-order chi connectivity index (χ0) is 14.0. The Morgan fingerprint density at radius 3 is 2.89 bits per heavy atom. The minimum Gasteiger partial charge on any atom is -0.366 e. The van der Waals surface area contributed by atoms with E-state index in [-0.39, 0.29) is 11.7 Å². The van der Waals surface area contributed by atoms with Crippen LogP contribution in [-0.2, 0) is 0 Å². The number of rotatable bonds is 2. The number of hydrogen-bond acceptors (Lipinski definition) is 5. The summed E-state index contributed by atoms with van der Waals surface area (Å²) in [6.07, 6.45) is 0.818. The van der Waals surface area contributed by atoms with Crippen molar-refractivity contribution in [3.63, 3.8) is 0 Å². The molecule has 0 saturated carbocycles. The van der Waals surface area contributed by atoms with Crippen LogP contribution in [0.15, 0.2) is 18.2 Å². The van der Waals surface area contributed by atoms with Gasteiger partial charge in [-0.15, -0.1) is 0 Å². The van der Waals surface area contributed by atoms with E-state index in [0.717, 1.165) is 6.42 Å². The van der Waals surface area contributed by atoms with Crippen LogP contribution in [0.1, 0.15) is 18.9 Å². The molecule has 0 spiro atoms. The fraction of sp³-hybridized carbons (Fsp3) is 0.462. The fourth-order valence-electron chi connectivity index (χ4n) is 2.39. The summed E-state index contributed by atoms with van der Waals surface area (Å²) < 4.78 is 0. The number of nitro benzene ring substituents is 1. The van der Waals surface area contributed by atoms with E-state index in [1.807, 2.05) is 17.9 Å². The Morgan fingerprint density at radius 1 is 1.58 bits per heavy atom. The maximum absolute atomic E-state index is 11.1. The van der Waals surface area contributed by atoms with Crippen molar-refractivity contribution < 1.29 is 4.92 Å². The van der Waals surface area contributed by atoms with Crippen LogP contribution in [0.5, 0.6) is 0 Å². The summed E-state index contributed by atoms with van der Waals surface area (Å²) >= 11 is 0. The molecule has 0 aromatic heterocycles. The van der Waals surface area contributed by atoms with Gasteiger partial charge in [0.2, 0.25) is 0 Å². The Kier molecular flexibility index (Phi) is 3.67. The molecule has 2 unspecified atom stereocenters. The predicted octanol–water partition coefficient (Wildman–Crippen LogP) is 1.64. The second kappa shape index (κ2) is 5.24. The molecule has 0 bridgehead atoms. The van der Waals surface area contributed by atoms with Gasteiger partial charge in [-0.1, -0.05) is 6.92 Å². The lowest BCUT2D eigenvalue weighted by molar-refractivity contribution is -0.384. The number of nitriles is 1. The van der Waals surface area contributed by atoms with Crippen molar-refractivity contribution >= 4 is 11.4 Å². The van der Waals surface area contributed by atoms with Gasteiger partial charge in [0.1, 0.15) is 5.69 Å². The third kappa shape index (κ3) is 2.66. The summed E-state index contributed by atoms with van der Waals surface area (Å²) in [6.45, 7) is 3.46. The summed E-state index contributed by atoms with van der Waals surface area (Å²) in [5, 5.41) is 19.9. The number of benzene rings is 1. The molecule has 6 nitrogen and oxygen atoms in total. The molecule has 100 valence electrons. The van der Waals surface area contributed by atoms with E-state index in [2.05, 4.69) is 0 Å². The van der Waals surface area contributed by atoms with Gasteiger partial charge in [0, 0.05) is 25.2 Å². The third-order valence-electron chi connectivity index (χ3n) is 3.61. The second-order valence-electron chi connectivity index (χ2n) is 4.95. The molecule has 2 atom stereocenters. The number of nitro groups is 1. The van der Waals surface area contributed by atoms with Crippen LogP contribution in [0.3, 0.4) is 0 Å². The molecule has 1 aliphatic heterocycles. The smallest absolute Gasteiger partial charge is 0.293 e. The van der Waals surface area contributed by atoms with E-state index in [1.54, 1.807) is 12.1 Å². The number of nitrogens with two attached hydrogens (primary N) is 1. The highest BCUT2D eigenvalue weighted by molar-refractivity contribution is 5.65. The summed E-state index contributed by atoms with van der Waals surface area (Å²) in [4.78, 5) is 12.7. The molecule has 0 amide bonds. The van der Waals surface area contributed by atoms with Crippen molar-refractivity contribution in [2.45, 2.75) is 19.4 Å². The van der Waals surface area contributed by atoms with Crippen molar-refractivity contribution in [3.8, 4) is 6.07 Å². The molecule has 0 radical (unpaired) electrons. The first-order valence-electron chi connectivity index (χ1n) is 6.22. The van der Waals surface area contributed by atoms with Crippen molar-refractivity contribution in [2.75, 3.05) is 18.0 Å². The van der Waals surface area contributed by atoms with Crippen LogP contribution in [0.25, 0.3) is 0 Å². The first kappa shape index (κ1) is 13.3. The van der Waals surface area contributed by atoms with Crippen LogP contribution in [-0.4, -0.2) is 24.1 Å². The largest absolute Gasteiger partial charge is 0.366 e. The molecule has 1 aromatic rings. The molecule has 2 N–H and O–H groups in total. The zero-order valence-corrected chi connectivity index (χ0v) is 10.7. The second-order valence-corrected chi connectivity index (χ2v) is 4.95. The van der Waals surface area contributed by atoms with Crippen molar-refractivity contribution in [1.29, 1.82) is 5.26 Å². The lowest BCUT2D eigenvalue weighted by Crippen LogP contribution is -2.46. The number of nitrogens with zero attached hydrogens (tertiary/aromatic N) is 3. The molecule has 1 aliphatic rings. The van der Waals surface area contributed by atoms with Crippen LogP contribution in [0.2, 0.25) is 0 Å². The summed E-state index contributed by atoms with van der Waals surface area (Å²) in [7, 11) is 0. The van der Waals surface area contributed by atoms with Gasteiger partial charge in [0.05, 0.1) is 16.6 Å². The van der Waals surface area contributed by atoms with Crippen LogP contribution >= 0.6 is 0 Å². The highest BCUT2D eigenvalue weighted by Gasteiger charge is 2.27. The van der Waals surface area contributed by atoms with Crippen molar-refractivity contribution in [2.24, 2.45) is 11.7 Å². The normalized spacial score (nSPS) is 22.9. The molecule has 2 rings (SSSR count). The van der Waals surface area contributed by atoms with E-state index < -0.39 is 4.92 Å². The number of hydrogen-bond donors (Lipinski definition) is 1. The lowest BCUT2D eigenvalue weighted by atomic mass is 9.94. The highest BCUT2D eigenvalue weighted by atomic mass is 16.6. The van der Waals surface area contributed by atoms with Gasteiger partial charge < -0.3 is 10.6 Å². The van der Waals surface area contributed by atoms with Gasteiger partial charge in [-0.3, -0.25) is 10.1 Å². The fourth-order valence-corrected chi connectivity index (χ4v) is 2.39. The minimum absolute atomic E-state index is 0.0123. The molecule has 19 heavy (non-hydrogen) atoms. The van der Waals surface area contributed by atoms with Crippen LogP contribution in [0.4, 0.5) is 11.4 Å².